The zero-order chi connectivity index (χ0) is 17.6. The van der Waals surface area contributed by atoms with E-state index in [1.807, 2.05) is 24.3 Å². The van der Waals surface area contributed by atoms with Gasteiger partial charge in [-0.1, -0.05) is 25.4 Å². The Hall–Kier alpha value is -1.69. The summed E-state index contributed by atoms with van der Waals surface area (Å²) in [5.74, 6) is 2.67. The van der Waals surface area contributed by atoms with Gasteiger partial charge >= 0.3 is 0 Å². The van der Waals surface area contributed by atoms with Gasteiger partial charge in [0, 0.05) is 13.2 Å². The predicted octanol–water partition coefficient (Wildman–Crippen LogP) is 4.21. The second-order valence-corrected chi connectivity index (χ2v) is 6.89. The van der Waals surface area contributed by atoms with Crippen molar-refractivity contribution in [3.63, 3.8) is 0 Å². The van der Waals surface area contributed by atoms with Gasteiger partial charge in [-0.05, 0) is 35.7 Å². The summed E-state index contributed by atoms with van der Waals surface area (Å²) in [7, 11) is 0. The topological polar surface area (TPSA) is 52.9 Å². The number of nitrogens with one attached hydrogen (secondary N) is 1. The van der Waals surface area contributed by atoms with Crippen LogP contribution < -0.4 is 14.8 Å². The Balaban J connectivity index is 1.65. The number of furan rings is 1. The van der Waals surface area contributed by atoms with Gasteiger partial charge in [-0.25, -0.2) is 0 Å². The van der Waals surface area contributed by atoms with Crippen molar-refractivity contribution in [3.8, 4) is 11.5 Å². The van der Waals surface area contributed by atoms with Gasteiger partial charge in [0.25, 0.3) is 0 Å². The monoisotopic (exact) mass is 365 g/mol. The van der Waals surface area contributed by atoms with Gasteiger partial charge in [0.2, 0.25) is 0 Å². The van der Waals surface area contributed by atoms with Crippen LogP contribution in [0.2, 0.25) is 5.02 Å². The van der Waals surface area contributed by atoms with E-state index in [1.54, 1.807) is 6.26 Å². The Kier molecular flexibility index (Phi) is 6.24. The molecule has 0 aliphatic carbocycles. The van der Waals surface area contributed by atoms with Crippen molar-refractivity contribution in [2.75, 3.05) is 26.4 Å². The standard InChI is InChI=1S/C19H24ClNO4/c1-13(2)11-22-12-16(17-4-3-5-23-17)21-10-14-8-15(20)19-18(9-14)24-6-7-25-19/h3-5,8-9,13,16,21H,6-7,10-12H2,1-2H3. The predicted molar refractivity (Wildman–Crippen MR) is 96.4 cm³/mol. The first-order valence-electron chi connectivity index (χ1n) is 8.56. The maximum atomic E-state index is 6.30. The first-order chi connectivity index (χ1) is 12.1. The van der Waals surface area contributed by atoms with Gasteiger partial charge < -0.3 is 23.9 Å². The minimum atomic E-state index is -0.0271. The molecule has 0 spiro atoms. The number of fused-ring (bicyclic) bond motifs is 1. The normalized spacial score (nSPS) is 14.7. The lowest BCUT2D eigenvalue weighted by atomic mass is 10.1. The van der Waals surface area contributed by atoms with Crippen LogP contribution in [0.15, 0.2) is 34.9 Å². The van der Waals surface area contributed by atoms with Crippen molar-refractivity contribution in [3.05, 3.63) is 46.9 Å². The van der Waals surface area contributed by atoms with Crippen LogP contribution in [0.1, 0.15) is 31.2 Å². The van der Waals surface area contributed by atoms with Crippen LogP contribution in [-0.4, -0.2) is 26.4 Å². The molecular formula is C19H24ClNO4. The van der Waals surface area contributed by atoms with E-state index in [4.69, 9.17) is 30.2 Å². The summed E-state index contributed by atoms with van der Waals surface area (Å²) in [6.45, 7) is 7.21. The molecule has 1 aliphatic rings. The summed E-state index contributed by atoms with van der Waals surface area (Å²) < 4.78 is 22.5. The number of halogens is 1. The average Bonchev–Trinajstić information content (AvgIpc) is 3.12. The smallest absolute Gasteiger partial charge is 0.179 e. The Morgan fingerprint density at radius 2 is 2.04 bits per heavy atom. The molecule has 1 aromatic heterocycles. The van der Waals surface area contributed by atoms with Gasteiger partial charge in [-0.2, -0.15) is 0 Å². The highest BCUT2D eigenvalue weighted by Gasteiger charge is 2.18. The molecule has 1 N–H and O–H groups in total. The van der Waals surface area contributed by atoms with Crippen molar-refractivity contribution in [2.45, 2.75) is 26.4 Å². The molecule has 5 nitrogen and oxygen atoms in total. The highest BCUT2D eigenvalue weighted by atomic mass is 35.5. The molecule has 2 aromatic rings. The molecule has 25 heavy (non-hydrogen) atoms. The molecule has 1 atom stereocenters. The molecule has 2 heterocycles. The van der Waals surface area contributed by atoms with E-state index in [0.717, 1.165) is 17.9 Å². The molecule has 0 radical (unpaired) electrons. The lowest BCUT2D eigenvalue weighted by molar-refractivity contribution is 0.0844. The SMILES string of the molecule is CC(C)COCC(NCc1cc(Cl)c2c(c1)OCCO2)c1ccco1. The van der Waals surface area contributed by atoms with E-state index in [0.29, 0.717) is 48.8 Å². The van der Waals surface area contributed by atoms with E-state index < -0.39 is 0 Å². The number of hydrogen-bond donors (Lipinski definition) is 1. The minimum absolute atomic E-state index is 0.0271. The van der Waals surface area contributed by atoms with Crippen molar-refractivity contribution in [2.24, 2.45) is 5.92 Å². The highest BCUT2D eigenvalue weighted by molar-refractivity contribution is 6.32. The largest absolute Gasteiger partial charge is 0.486 e. The second-order valence-electron chi connectivity index (χ2n) is 6.48. The summed E-state index contributed by atoms with van der Waals surface area (Å²) in [4.78, 5) is 0. The van der Waals surface area contributed by atoms with Crippen LogP contribution in [0.25, 0.3) is 0 Å². The highest BCUT2D eigenvalue weighted by Crippen LogP contribution is 2.38. The molecule has 1 unspecified atom stereocenters. The number of hydrogen-bond acceptors (Lipinski definition) is 5. The van der Waals surface area contributed by atoms with Crippen molar-refractivity contribution in [1.82, 2.24) is 5.32 Å². The van der Waals surface area contributed by atoms with Gasteiger partial charge in [-0.3, -0.25) is 0 Å². The zero-order valence-corrected chi connectivity index (χ0v) is 15.3. The Labute approximate surface area is 153 Å². The fourth-order valence-electron chi connectivity index (χ4n) is 2.66. The summed E-state index contributed by atoms with van der Waals surface area (Å²) >= 11 is 6.30. The molecule has 3 rings (SSSR count). The van der Waals surface area contributed by atoms with E-state index >= 15 is 0 Å². The molecule has 1 aliphatic heterocycles. The maximum Gasteiger partial charge on any atom is 0.179 e. The molecule has 136 valence electrons. The summed E-state index contributed by atoms with van der Waals surface area (Å²) in [6.07, 6.45) is 1.67. The first-order valence-corrected chi connectivity index (χ1v) is 8.94. The van der Waals surface area contributed by atoms with Crippen LogP contribution in [0.5, 0.6) is 11.5 Å². The first kappa shape index (κ1) is 18.1. The van der Waals surface area contributed by atoms with Crippen molar-refractivity contribution >= 4 is 11.6 Å². The van der Waals surface area contributed by atoms with E-state index in [-0.39, 0.29) is 6.04 Å². The fourth-order valence-corrected chi connectivity index (χ4v) is 2.95. The van der Waals surface area contributed by atoms with Gasteiger partial charge in [0.05, 0.1) is 23.9 Å². The van der Waals surface area contributed by atoms with Crippen LogP contribution in [0.3, 0.4) is 0 Å². The molecule has 6 heteroatoms. The fraction of sp³-hybridized carbons (Fsp3) is 0.474. The van der Waals surface area contributed by atoms with E-state index in [1.165, 1.54) is 0 Å². The lowest BCUT2D eigenvalue weighted by Gasteiger charge is -2.21. The van der Waals surface area contributed by atoms with Crippen LogP contribution >= 0.6 is 11.6 Å². The van der Waals surface area contributed by atoms with Crippen LogP contribution in [0.4, 0.5) is 0 Å². The molecule has 1 aromatic carbocycles. The zero-order valence-electron chi connectivity index (χ0n) is 14.6. The maximum absolute atomic E-state index is 6.30. The summed E-state index contributed by atoms with van der Waals surface area (Å²) in [5.41, 5.74) is 1.02. The summed E-state index contributed by atoms with van der Waals surface area (Å²) in [5, 5.41) is 4.04. The van der Waals surface area contributed by atoms with Gasteiger partial charge in [0.15, 0.2) is 11.5 Å². The number of benzene rings is 1. The molecule has 0 bridgehead atoms. The molecule has 0 fully saturated rings. The quantitative estimate of drug-likeness (QED) is 0.759. The Bertz CT molecular complexity index is 672. The van der Waals surface area contributed by atoms with Crippen molar-refractivity contribution < 1.29 is 18.6 Å². The van der Waals surface area contributed by atoms with E-state index in [9.17, 15) is 0 Å². The minimum Gasteiger partial charge on any atom is -0.486 e. The average molecular weight is 366 g/mol. The second kappa shape index (κ2) is 8.61. The Morgan fingerprint density at radius 1 is 1.20 bits per heavy atom. The molecular weight excluding hydrogens is 342 g/mol. The molecule has 0 saturated carbocycles. The van der Waals surface area contributed by atoms with Gasteiger partial charge in [-0.15, -0.1) is 0 Å². The number of rotatable bonds is 8. The van der Waals surface area contributed by atoms with Crippen molar-refractivity contribution in [1.29, 1.82) is 0 Å². The Morgan fingerprint density at radius 3 is 2.80 bits per heavy atom. The lowest BCUT2D eigenvalue weighted by Crippen LogP contribution is -2.26. The van der Waals surface area contributed by atoms with Gasteiger partial charge in [0.1, 0.15) is 19.0 Å². The van der Waals surface area contributed by atoms with Crippen LogP contribution in [-0.2, 0) is 11.3 Å². The summed E-state index contributed by atoms with van der Waals surface area (Å²) in [6, 6.07) is 7.67. The molecule has 0 amide bonds. The third-order valence-electron chi connectivity index (χ3n) is 3.83. The van der Waals surface area contributed by atoms with Crippen LogP contribution in [0, 0.1) is 5.92 Å². The third kappa shape index (κ3) is 4.91. The van der Waals surface area contributed by atoms with E-state index in [2.05, 4.69) is 19.2 Å². The third-order valence-corrected chi connectivity index (χ3v) is 4.11. The molecule has 0 saturated heterocycles. The number of ether oxygens (including phenoxy) is 3.